The fourth-order valence-corrected chi connectivity index (χ4v) is 2.81. The standard InChI is InChI=1S/C14H28O2/c1-3-13(15)9-11-5-7-12(8-6-11)10-14(16)4-2/h11-16H,3-10H2,1-2H3. The minimum Gasteiger partial charge on any atom is -0.393 e. The Morgan fingerprint density at radius 3 is 1.38 bits per heavy atom. The summed E-state index contributed by atoms with van der Waals surface area (Å²) in [5, 5.41) is 19.2. The Kier molecular flexibility index (Phi) is 6.37. The molecule has 2 atom stereocenters. The third kappa shape index (κ3) is 4.84. The van der Waals surface area contributed by atoms with Crippen LogP contribution in [-0.4, -0.2) is 22.4 Å². The van der Waals surface area contributed by atoms with Gasteiger partial charge in [-0.05, 0) is 37.5 Å². The van der Waals surface area contributed by atoms with Crippen molar-refractivity contribution in [3.63, 3.8) is 0 Å². The molecule has 1 aliphatic rings. The average Bonchev–Trinajstić information content (AvgIpc) is 2.31. The lowest BCUT2D eigenvalue weighted by Gasteiger charge is -2.30. The molecule has 0 amide bonds. The van der Waals surface area contributed by atoms with E-state index in [-0.39, 0.29) is 12.2 Å². The highest BCUT2D eigenvalue weighted by atomic mass is 16.3. The maximum atomic E-state index is 9.62. The van der Waals surface area contributed by atoms with Gasteiger partial charge in [-0.2, -0.15) is 0 Å². The van der Waals surface area contributed by atoms with Gasteiger partial charge in [0.25, 0.3) is 0 Å². The molecule has 0 saturated heterocycles. The maximum Gasteiger partial charge on any atom is 0.0540 e. The SMILES string of the molecule is CCC(O)CC1CCC(CC(O)CC)CC1. The molecule has 0 aromatic heterocycles. The second-order valence-electron chi connectivity index (χ2n) is 5.48. The molecular weight excluding hydrogens is 200 g/mol. The van der Waals surface area contributed by atoms with E-state index in [1.54, 1.807) is 0 Å². The number of rotatable bonds is 6. The predicted octanol–water partition coefficient (Wildman–Crippen LogP) is 3.11. The van der Waals surface area contributed by atoms with Gasteiger partial charge >= 0.3 is 0 Å². The van der Waals surface area contributed by atoms with Crippen molar-refractivity contribution >= 4 is 0 Å². The van der Waals surface area contributed by atoms with Crippen molar-refractivity contribution < 1.29 is 10.2 Å². The quantitative estimate of drug-likeness (QED) is 0.733. The molecule has 0 radical (unpaired) electrons. The first kappa shape index (κ1) is 14.0. The highest BCUT2D eigenvalue weighted by Gasteiger charge is 2.23. The van der Waals surface area contributed by atoms with Crippen LogP contribution in [0.1, 0.15) is 65.2 Å². The van der Waals surface area contributed by atoms with Gasteiger partial charge < -0.3 is 10.2 Å². The molecule has 2 nitrogen and oxygen atoms in total. The first-order valence-electron chi connectivity index (χ1n) is 7.01. The van der Waals surface area contributed by atoms with E-state index in [0.717, 1.165) is 37.5 Å². The summed E-state index contributed by atoms with van der Waals surface area (Å²) in [7, 11) is 0. The molecule has 1 rings (SSSR count). The highest BCUT2D eigenvalue weighted by molar-refractivity contribution is 4.76. The Hall–Kier alpha value is -0.0800. The van der Waals surface area contributed by atoms with Gasteiger partial charge in [0.15, 0.2) is 0 Å². The minimum absolute atomic E-state index is 0.0946. The molecule has 0 heterocycles. The Balaban J connectivity index is 2.18. The Labute approximate surface area is 100 Å². The zero-order valence-electron chi connectivity index (χ0n) is 10.9. The van der Waals surface area contributed by atoms with Crippen molar-refractivity contribution in [2.24, 2.45) is 11.8 Å². The number of hydrogen-bond donors (Lipinski definition) is 2. The van der Waals surface area contributed by atoms with Crippen LogP contribution >= 0.6 is 0 Å². The first-order valence-corrected chi connectivity index (χ1v) is 7.01. The topological polar surface area (TPSA) is 40.5 Å². The smallest absolute Gasteiger partial charge is 0.0540 e. The van der Waals surface area contributed by atoms with Crippen LogP contribution in [0, 0.1) is 11.8 Å². The second kappa shape index (κ2) is 7.29. The van der Waals surface area contributed by atoms with Gasteiger partial charge in [0.2, 0.25) is 0 Å². The zero-order valence-corrected chi connectivity index (χ0v) is 10.9. The monoisotopic (exact) mass is 228 g/mol. The molecule has 1 aliphatic carbocycles. The van der Waals surface area contributed by atoms with Crippen molar-refractivity contribution in [2.75, 3.05) is 0 Å². The predicted molar refractivity (Wildman–Crippen MR) is 67.3 cm³/mol. The van der Waals surface area contributed by atoms with Crippen LogP contribution in [0.2, 0.25) is 0 Å². The van der Waals surface area contributed by atoms with Crippen LogP contribution in [0.4, 0.5) is 0 Å². The molecule has 2 heteroatoms. The molecule has 0 spiro atoms. The molecule has 0 aliphatic heterocycles. The van der Waals surface area contributed by atoms with Crippen LogP contribution in [0.15, 0.2) is 0 Å². The third-order valence-corrected chi connectivity index (χ3v) is 4.12. The fraction of sp³-hybridized carbons (Fsp3) is 1.00. The highest BCUT2D eigenvalue weighted by Crippen LogP contribution is 2.34. The Bertz CT molecular complexity index is 154. The van der Waals surface area contributed by atoms with E-state index < -0.39 is 0 Å². The normalized spacial score (nSPS) is 30.0. The van der Waals surface area contributed by atoms with Crippen LogP contribution in [0.25, 0.3) is 0 Å². The van der Waals surface area contributed by atoms with E-state index in [0.29, 0.717) is 0 Å². The number of aliphatic hydroxyl groups excluding tert-OH is 2. The average molecular weight is 228 g/mol. The van der Waals surface area contributed by atoms with Gasteiger partial charge in [0, 0.05) is 0 Å². The molecule has 96 valence electrons. The van der Waals surface area contributed by atoms with Crippen LogP contribution in [0.5, 0.6) is 0 Å². The fourth-order valence-electron chi connectivity index (χ4n) is 2.81. The Morgan fingerprint density at radius 2 is 1.12 bits per heavy atom. The maximum absolute atomic E-state index is 9.62. The van der Waals surface area contributed by atoms with Gasteiger partial charge in [0.05, 0.1) is 12.2 Å². The molecule has 0 aromatic carbocycles. The van der Waals surface area contributed by atoms with Crippen LogP contribution in [-0.2, 0) is 0 Å². The van der Waals surface area contributed by atoms with Gasteiger partial charge in [-0.1, -0.05) is 39.5 Å². The second-order valence-corrected chi connectivity index (χ2v) is 5.48. The summed E-state index contributed by atoms with van der Waals surface area (Å²) >= 11 is 0. The number of aliphatic hydroxyl groups is 2. The van der Waals surface area contributed by atoms with Gasteiger partial charge in [-0.25, -0.2) is 0 Å². The molecule has 1 fully saturated rings. The van der Waals surface area contributed by atoms with Crippen molar-refractivity contribution in [2.45, 2.75) is 77.4 Å². The molecule has 16 heavy (non-hydrogen) atoms. The summed E-state index contributed by atoms with van der Waals surface area (Å²) in [6, 6.07) is 0. The minimum atomic E-state index is -0.0946. The van der Waals surface area contributed by atoms with Crippen molar-refractivity contribution in [3.05, 3.63) is 0 Å². The third-order valence-electron chi connectivity index (χ3n) is 4.12. The van der Waals surface area contributed by atoms with Crippen molar-refractivity contribution in [1.29, 1.82) is 0 Å². The van der Waals surface area contributed by atoms with Crippen LogP contribution < -0.4 is 0 Å². The molecular formula is C14H28O2. The van der Waals surface area contributed by atoms with E-state index in [2.05, 4.69) is 0 Å². The van der Waals surface area contributed by atoms with E-state index >= 15 is 0 Å². The largest absolute Gasteiger partial charge is 0.393 e. The molecule has 2 unspecified atom stereocenters. The Morgan fingerprint density at radius 1 is 0.812 bits per heavy atom. The van der Waals surface area contributed by atoms with Gasteiger partial charge in [-0.3, -0.25) is 0 Å². The summed E-state index contributed by atoms with van der Waals surface area (Å²) in [6.07, 6.45) is 8.54. The van der Waals surface area contributed by atoms with Crippen molar-refractivity contribution in [3.8, 4) is 0 Å². The van der Waals surface area contributed by atoms with E-state index in [1.807, 2.05) is 13.8 Å². The van der Waals surface area contributed by atoms with Gasteiger partial charge in [0.1, 0.15) is 0 Å². The molecule has 1 saturated carbocycles. The lowest BCUT2D eigenvalue weighted by molar-refractivity contribution is 0.0965. The zero-order chi connectivity index (χ0) is 12.0. The van der Waals surface area contributed by atoms with E-state index in [4.69, 9.17) is 0 Å². The summed E-state index contributed by atoms with van der Waals surface area (Å²) < 4.78 is 0. The van der Waals surface area contributed by atoms with E-state index in [1.165, 1.54) is 25.7 Å². The summed E-state index contributed by atoms with van der Waals surface area (Å²) in [6.45, 7) is 4.10. The molecule has 2 N–H and O–H groups in total. The lowest BCUT2D eigenvalue weighted by atomic mass is 9.77. The van der Waals surface area contributed by atoms with E-state index in [9.17, 15) is 10.2 Å². The number of hydrogen-bond acceptors (Lipinski definition) is 2. The summed E-state index contributed by atoms with van der Waals surface area (Å²) in [4.78, 5) is 0. The summed E-state index contributed by atoms with van der Waals surface area (Å²) in [5.74, 6) is 1.45. The van der Waals surface area contributed by atoms with Crippen LogP contribution in [0.3, 0.4) is 0 Å². The van der Waals surface area contributed by atoms with Crippen molar-refractivity contribution in [1.82, 2.24) is 0 Å². The van der Waals surface area contributed by atoms with Gasteiger partial charge in [-0.15, -0.1) is 0 Å². The molecule has 0 aromatic rings. The summed E-state index contributed by atoms with van der Waals surface area (Å²) in [5.41, 5.74) is 0. The first-order chi connectivity index (χ1) is 7.65. The lowest BCUT2D eigenvalue weighted by Crippen LogP contribution is -2.22. The molecule has 0 bridgehead atoms.